The average Bonchev–Trinajstić information content (AvgIpc) is 2.83. The monoisotopic (exact) mass is 491 g/mol. The van der Waals surface area contributed by atoms with E-state index in [4.69, 9.17) is 4.74 Å². The van der Waals surface area contributed by atoms with Crippen molar-refractivity contribution in [3.8, 4) is 0 Å². The van der Waals surface area contributed by atoms with Gasteiger partial charge in [0.1, 0.15) is 5.82 Å². The van der Waals surface area contributed by atoms with Crippen LogP contribution in [-0.2, 0) is 17.5 Å². The summed E-state index contributed by atoms with van der Waals surface area (Å²) in [6.45, 7) is 8.01. The summed E-state index contributed by atoms with van der Waals surface area (Å²) < 4.78 is 44.0. The third-order valence-electron chi connectivity index (χ3n) is 6.78. The number of hydrogen-bond acceptors (Lipinski definition) is 6. The Hall–Kier alpha value is -2.88. The molecule has 2 aliphatic heterocycles. The maximum atomic E-state index is 12.9. The molecule has 190 valence electrons. The predicted octanol–water partition coefficient (Wildman–Crippen LogP) is 4.44. The number of benzene rings is 1. The standard InChI is InChI=1S/C25H32F3N5O2/c1-18-14-32(23-13-29-22(12-30-23)25(26,27)28)15-19(2)33(18)24(34)35-17-21-8-10-31(11-9-21)16-20-6-4-3-5-7-20/h3-7,12-13,18-19,21H,8-11,14-17H2,1-2H3/t18-,19+. The lowest BCUT2D eigenvalue weighted by Gasteiger charge is -2.44. The van der Waals surface area contributed by atoms with Crippen LogP contribution in [-0.4, -0.2) is 70.7 Å². The maximum absolute atomic E-state index is 12.9. The number of carbonyl (C=O) groups is 1. The normalized spacial score (nSPS) is 22.3. The number of ether oxygens (including phenoxy) is 1. The first-order valence-electron chi connectivity index (χ1n) is 12.1. The van der Waals surface area contributed by atoms with E-state index in [9.17, 15) is 18.0 Å². The fourth-order valence-electron chi connectivity index (χ4n) is 4.92. The van der Waals surface area contributed by atoms with Gasteiger partial charge >= 0.3 is 12.3 Å². The third-order valence-corrected chi connectivity index (χ3v) is 6.78. The molecule has 1 aromatic heterocycles. The van der Waals surface area contributed by atoms with Gasteiger partial charge in [0.2, 0.25) is 0 Å². The summed E-state index contributed by atoms with van der Waals surface area (Å²) in [6.07, 6.45) is -0.990. The molecule has 3 heterocycles. The number of aromatic nitrogens is 2. The highest BCUT2D eigenvalue weighted by Gasteiger charge is 2.36. The average molecular weight is 492 g/mol. The summed E-state index contributed by atoms with van der Waals surface area (Å²) in [5.41, 5.74) is 0.289. The zero-order chi connectivity index (χ0) is 25.0. The van der Waals surface area contributed by atoms with E-state index in [-0.39, 0.29) is 18.2 Å². The third kappa shape index (κ3) is 6.42. The highest BCUT2D eigenvalue weighted by Crippen LogP contribution is 2.28. The summed E-state index contributed by atoms with van der Waals surface area (Å²) in [5.74, 6) is 0.715. The Morgan fingerprint density at radius 1 is 1.03 bits per heavy atom. The molecule has 35 heavy (non-hydrogen) atoms. The van der Waals surface area contributed by atoms with Gasteiger partial charge in [0.25, 0.3) is 0 Å². The van der Waals surface area contributed by atoms with Gasteiger partial charge in [-0.05, 0) is 51.3 Å². The SMILES string of the molecule is C[C@@H]1CN(c2cnc(C(F)(F)F)cn2)C[C@H](C)N1C(=O)OCC1CCN(Cc2ccccc2)CC1. The van der Waals surface area contributed by atoms with E-state index in [2.05, 4.69) is 39.1 Å². The fourth-order valence-corrected chi connectivity index (χ4v) is 4.92. The number of likely N-dealkylation sites (tertiary alicyclic amines) is 1. The van der Waals surface area contributed by atoms with Gasteiger partial charge in [-0.3, -0.25) is 9.80 Å². The summed E-state index contributed by atoms with van der Waals surface area (Å²) >= 11 is 0. The maximum Gasteiger partial charge on any atom is 0.434 e. The zero-order valence-corrected chi connectivity index (χ0v) is 20.1. The van der Waals surface area contributed by atoms with E-state index in [1.165, 1.54) is 5.56 Å². The minimum atomic E-state index is -4.52. The first-order chi connectivity index (χ1) is 16.7. The van der Waals surface area contributed by atoms with Crippen molar-refractivity contribution in [3.63, 3.8) is 0 Å². The van der Waals surface area contributed by atoms with Crippen LogP contribution < -0.4 is 4.90 Å². The zero-order valence-electron chi connectivity index (χ0n) is 20.1. The van der Waals surface area contributed by atoms with E-state index in [1.807, 2.05) is 24.8 Å². The summed E-state index contributed by atoms with van der Waals surface area (Å²) in [7, 11) is 0. The number of piperazine rings is 1. The van der Waals surface area contributed by atoms with Gasteiger partial charge in [-0.1, -0.05) is 30.3 Å². The van der Waals surface area contributed by atoms with Gasteiger partial charge in [-0.15, -0.1) is 0 Å². The summed E-state index contributed by atoms with van der Waals surface area (Å²) in [5, 5.41) is 0. The predicted molar refractivity (Wildman–Crippen MR) is 126 cm³/mol. The van der Waals surface area contributed by atoms with E-state index in [0.717, 1.165) is 44.9 Å². The molecular formula is C25H32F3N5O2. The Kier molecular flexibility index (Phi) is 7.78. The largest absolute Gasteiger partial charge is 0.449 e. The van der Waals surface area contributed by atoms with Gasteiger partial charge in [0.05, 0.1) is 31.1 Å². The van der Waals surface area contributed by atoms with Gasteiger partial charge in [0.15, 0.2) is 5.69 Å². The second-order valence-electron chi connectivity index (χ2n) is 9.55. The Morgan fingerprint density at radius 2 is 1.69 bits per heavy atom. The van der Waals surface area contributed by atoms with E-state index in [1.54, 1.807) is 4.90 Å². The van der Waals surface area contributed by atoms with E-state index < -0.39 is 11.9 Å². The Bertz CT molecular complexity index is 953. The number of halogens is 3. The van der Waals surface area contributed by atoms with Gasteiger partial charge in [0, 0.05) is 19.6 Å². The lowest BCUT2D eigenvalue weighted by Crippen LogP contribution is -2.59. The molecule has 0 spiro atoms. The minimum Gasteiger partial charge on any atom is -0.449 e. The van der Waals surface area contributed by atoms with Crippen molar-refractivity contribution >= 4 is 11.9 Å². The van der Waals surface area contributed by atoms with Crippen molar-refractivity contribution in [3.05, 3.63) is 54.0 Å². The molecule has 2 fully saturated rings. The topological polar surface area (TPSA) is 61.8 Å². The molecule has 0 radical (unpaired) electrons. The van der Waals surface area contributed by atoms with Crippen molar-refractivity contribution in [2.45, 2.75) is 51.5 Å². The van der Waals surface area contributed by atoms with Crippen LogP contribution in [0, 0.1) is 5.92 Å². The summed E-state index contributed by atoms with van der Waals surface area (Å²) in [6, 6.07) is 10.1. The number of anilines is 1. The van der Waals surface area contributed by atoms with Crippen molar-refractivity contribution < 1.29 is 22.7 Å². The molecule has 10 heteroatoms. The number of hydrogen-bond donors (Lipinski definition) is 0. The van der Waals surface area contributed by atoms with Crippen molar-refractivity contribution in [2.24, 2.45) is 5.92 Å². The molecule has 0 unspecified atom stereocenters. The molecule has 0 N–H and O–H groups in total. The summed E-state index contributed by atoms with van der Waals surface area (Å²) in [4.78, 5) is 26.3. The number of amides is 1. The van der Waals surface area contributed by atoms with Gasteiger partial charge in [-0.2, -0.15) is 13.2 Å². The number of carbonyl (C=O) groups excluding carboxylic acids is 1. The first kappa shape index (κ1) is 25.2. The second kappa shape index (κ2) is 10.8. The molecule has 0 aliphatic carbocycles. The van der Waals surface area contributed by atoms with E-state index in [0.29, 0.717) is 31.4 Å². The van der Waals surface area contributed by atoms with Crippen molar-refractivity contribution in [2.75, 3.05) is 37.7 Å². The number of rotatable bonds is 5. The van der Waals surface area contributed by atoms with Gasteiger partial charge in [-0.25, -0.2) is 14.8 Å². The fraction of sp³-hybridized carbons (Fsp3) is 0.560. The molecule has 0 saturated carbocycles. The highest BCUT2D eigenvalue weighted by molar-refractivity contribution is 5.69. The lowest BCUT2D eigenvalue weighted by molar-refractivity contribution is -0.141. The number of alkyl halides is 3. The number of nitrogens with zero attached hydrogens (tertiary/aromatic N) is 5. The smallest absolute Gasteiger partial charge is 0.434 e. The van der Waals surface area contributed by atoms with Crippen LogP contribution in [0.25, 0.3) is 0 Å². The molecule has 2 aliphatic rings. The van der Waals surface area contributed by atoms with Crippen LogP contribution in [0.3, 0.4) is 0 Å². The Balaban J connectivity index is 1.24. The van der Waals surface area contributed by atoms with Crippen LogP contribution in [0.15, 0.2) is 42.7 Å². The van der Waals surface area contributed by atoms with Gasteiger partial charge < -0.3 is 9.64 Å². The van der Waals surface area contributed by atoms with Crippen LogP contribution >= 0.6 is 0 Å². The van der Waals surface area contributed by atoms with Crippen LogP contribution in [0.4, 0.5) is 23.8 Å². The van der Waals surface area contributed by atoms with Crippen molar-refractivity contribution in [1.29, 1.82) is 0 Å². The molecule has 2 atom stereocenters. The Labute approximate surface area is 203 Å². The lowest BCUT2D eigenvalue weighted by atomic mass is 9.97. The quantitative estimate of drug-likeness (QED) is 0.616. The van der Waals surface area contributed by atoms with Crippen LogP contribution in [0.2, 0.25) is 0 Å². The highest BCUT2D eigenvalue weighted by atomic mass is 19.4. The van der Waals surface area contributed by atoms with E-state index >= 15 is 0 Å². The molecule has 2 aromatic rings. The minimum absolute atomic E-state index is 0.178. The number of piperidine rings is 1. The first-order valence-corrected chi connectivity index (χ1v) is 12.1. The molecule has 2 saturated heterocycles. The molecule has 1 amide bonds. The van der Waals surface area contributed by atoms with Crippen molar-refractivity contribution in [1.82, 2.24) is 19.8 Å². The molecule has 7 nitrogen and oxygen atoms in total. The molecule has 0 bridgehead atoms. The van der Waals surface area contributed by atoms with Crippen LogP contribution in [0.1, 0.15) is 37.9 Å². The van der Waals surface area contributed by atoms with Crippen LogP contribution in [0.5, 0.6) is 0 Å². The molecule has 4 rings (SSSR count). The molecular weight excluding hydrogens is 459 g/mol. The Morgan fingerprint density at radius 3 is 2.26 bits per heavy atom. The second-order valence-corrected chi connectivity index (χ2v) is 9.55. The molecule has 1 aromatic carbocycles.